The van der Waals surface area contributed by atoms with Gasteiger partial charge in [-0.3, -0.25) is 0 Å². The van der Waals surface area contributed by atoms with Crippen LogP contribution in [0.25, 0.3) is 0 Å². The van der Waals surface area contributed by atoms with Crippen LogP contribution in [0.5, 0.6) is 0 Å². The van der Waals surface area contributed by atoms with Crippen LogP contribution in [-0.2, 0) is 0 Å². The number of hydrogen-bond donors (Lipinski definition) is 1. The third-order valence-electron chi connectivity index (χ3n) is 4.15. The first-order valence-corrected chi connectivity index (χ1v) is 8.67. The molecule has 1 atom stereocenters. The smallest absolute Gasteiger partial charge is 0.0217 e. The van der Waals surface area contributed by atoms with Crippen molar-refractivity contribution in [3.8, 4) is 0 Å². The summed E-state index contributed by atoms with van der Waals surface area (Å²) in [6.07, 6.45) is 1.30. The lowest BCUT2D eigenvalue weighted by Gasteiger charge is -2.31. The number of hydrogen-bond acceptors (Lipinski definition) is 4. The zero-order valence-corrected chi connectivity index (χ0v) is 12.8. The maximum absolute atomic E-state index is 3.69. The van der Waals surface area contributed by atoms with E-state index in [1.807, 2.05) is 0 Å². The average molecular weight is 271 g/mol. The van der Waals surface area contributed by atoms with Crippen molar-refractivity contribution in [3.05, 3.63) is 0 Å². The number of thioether (sulfide) groups is 1. The first-order chi connectivity index (χ1) is 8.75. The van der Waals surface area contributed by atoms with Crippen LogP contribution in [0.4, 0.5) is 0 Å². The Bertz CT molecular complexity index is 229. The molecule has 2 heterocycles. The zero-order valence-electron chi connectivity index (χ0n) is 12.0. The maximum atomic E-state index is 3.69. The Hall–Kier alpha value is 0.230. The minimum Gasteiger partial charge on any atom is -0.312 e. The molecule has 3 nitrogen and oxygen atoms in total. The molecule has 0 aliphatic carbocycles. The lowest BCUT2D eigenvalue weighted by atomic mass is 10.0. The summed E-state index contributed by atoms with van der Waals surface area (Å²) < 4.78 is 0. The summed E-state index contributed by atoms with van der Waals surface area (Å²) in [5.41, 5.74) is 0. The molecular weight excluding hydrogens is 242 g/mol. The molecule has 0 saturated carbocycles. The molecule has 0 radical (unpaired) electrons. The number of nitrogens with zero attached hydrogens (tertiary/aromatic N) is 2. The third-order valence-corrected chi connectivity index (χ3v) is 5.10. The molecule has 2 fully saturated rings. The van der Waals surface area contributed by atoms with Gasteiger partial charge in [0.2, 0.25) is 0 Å². The van der Waals surface area contributed by atoms with E-state index < -0.39 is 0 Å². The molecule has 2 saturated heterocycles. The van der Waals surface area contributed by atoms with Gasteiger partial charge in [-0.05, 0) is 25.4 Å². The first-order valence-electron chi connectivity index (χ1n) is 7.51. The Balaban J connectivity index is 1.72. The molecule has 0 aromatic carbocycles. The van der Waals surface area contributed by atoms with Crippen molar-refractivity contribution in [2.45, 2.75) is 26.3 Å². The Labute approximate surface area is 117 Å². The van der Waals surface area contributed by atoms with Gasteiger partial charge in [0.15, 0.2) is 0 Å². The Morgan fingerprint density at radius 1 is 1.11 bits per heavy atom. The fraction of sp³-hybridized carbons (Fsp3) is 1.00. The van der Waals surface area contributed by atoms with Crippen molar-refractivity contribution in [1.82, 2.24) is 15.1 Å². The van der Waals surface area contributed by atoms with Crippen LogP contribution in [0, 0.1) is 5.92 Å². The van der Waals surface area contributed by atoms with Gasteiger partial charge in [0.05, 0.1) is 0 Å². The summed E-state index contributed by atoms with van der Waals surface area (Å²) >= 11 is 2.10. The van der Waals surface area contributed by atoms with Gasteiger partial charge in [-0.15, -0.1) is 0 Å². The van der Waals surface area contributed by atoms with E-state index in [2.05, 4.69) is 40.7 Å². The van der Waals surface area contributed by atoms with Gasteiger partial charge >= 0.3 is 0 Å². The molecule has 4 heteroatoms. The Morgan fingerprint density at radius 2 is 1.83 bits per heavy atom. The molecule has 0 aromatic rings. The standard InChI is InChI=1S/C14H29N3S/c1-13(2)14-12-17(5-3-4-15-14)7-6-16-8-10-18-11-9-16/h13-15H,3-12H2,1-2H3. The summed E-state index contributed by atoms with van der Waals surface area (Å²) in [6, 6.07) is 0.685. The molecule has 0 amide bonds. The van der Waals surface area contributed by atoms with E-state index in [1.165, 1.54) is 63.7 Å². The lowest BCUT2D eigenvalue weighted by Crippen LogP contribution is -2.44. The average Bonchev–Trinajstić information content (AvgIpc) is 2.63. The van der Waals surface area contributed by atoms with Crippen molar-refractivity contribution >= 4 is 11.8 Å². The van der Waals surface area contributed by atoms with E-state index in [0.29, 0.717) is 6.04 Å². The summed E-state index contributed by atoms with van der Waals surface area (Å²) in [5, 5.41) is 3.69. The highest BCUT2D eigenvalue weighted by Crippen LogP contribution is 2.11. The van der Waals surface area contributed by atoms with Crippen LogP contribution in [0.2, 0.25) is 0 Å². The van der Waals surface area contributed by atoms with Crippen molar-refractivity contribution in [3.63, 3.8) is 0 Å². The van der Waals surface area contributed by atoms with E-state index in [-0.39, 0.29) is 0 Å². The predicted octanol–water partition coefficient (Wildman–Crippen LogP) is 1.36. The fourth-order valence-electron chi connectivity index (χ4n) is 2.78. The third kappa shape index (κ3) is 4.72. The van der Waals surface area contributed by atoms with Gasteiger partial charge in [-0.2, -0.15) is 11.8 Å². The normalized spacial score (nSPS) is 28.5. The molecule has 106 valence electrons. The van der Waals surface area contributed by atoms with Gasteiger partial charge in [-0.25, -0.2) is 0 Å². The van der Waals surface area contributed by atoms with Crippen LogP contribution < -0.4 is 5.32 Å². The Morgan fingerprint density at radius 3 is 2.56 bits per heavy atom. The molecule has 2 aliphatic rings. The van der Waals surface area contributed by atoms with Gasteiger partial charge in [0.1, 0.15) is 0 Å². The highest BCUT2D eigenvalue weighted by molar-refractivity contribution is 7.99. The molecule has 2 rings (SSSR count). The van der Waals surface area contributed by atoms with Gasteiger partial charge in [0, 0.05) is 50.3 Å². The van der Waals surface area contributed by atoms with Crippen LogP contribution >= 0.6 is 11.8 Å². The quantitative estimate of drug-likeness (QED) is 0.832. The molecule has 18 heavy (non-hydrogen) atoms. The highest BCUT2D eigenvalue weighted by Gasteiger charge is 2.20. The minimum atomic E-state index is 0.685. The summed E-state index contributed by atoms with van der Waals surface area (Å²) in [4.78, 5) is 5.31. The lowest BCUT2D eigenvalue weighted by molar-refractivity contribution is 0.201. The van der Waals surface area contributed by atoms with E-state index >= 15 is 0 Å². The molecule has 2 aliphatic heterocycles. The first kappa shape index (κ1) is 14.6. The summed E-state index contributed by atoms with van der Waals surface area (Å²) in [7, 11) is 0. The maximum Gasteiger partial charge on any atom is 0.0217 e. The Kier molecular flexibility index (Phi) is 6.29. The largest absolute Gasteiger partial charge is 0.312 e. The van der Waals surface area contributed by atoms with Crippen molar-refractivity contribution in [2.24, 2.45) is 5.92 Å². The summed E-state index contributed by atoms with van der Waals surface area (Å²) in [6.45, 7) is 13.5. The zero-order chi connectivity index (χ0) is 12.8. The van der Waals surface area contributed by atoms with Gasteiger partial charge in [-0.1, -0.05) is 13.8 Å². The summed E-state index contributed by atoms with van der Waals surface area (Å²) in [5.74, 6) is 3.41. The molecular formula is C14H29N3S. The second-order valence-electron chi connectivity index (χ2n) is 5.91. The monoisotopic (exact) mass is 271 g/mol. The van der Waals surface area contributed by atoms with Crippen LogP contribution in [-0.4, -0.2) is 73.2 Å². The van der Waals surface area contributed by atoms with Crippen LogP contribution in [0.15, 0.2) is 0 Å². The van der Waals surface area contributed by atoms with Gasteiger partial charge < -0.3 is 15.1 Å². The van der Waals surface area contributed by atoms with Crippen molar-refractivity contribution in [2.75, 3.05) is 57.3 Å². The van der Waals surface area contributed by atoms with E-state index in [1.54, 1.807) is 0 Å². The van der Waals surface area contributed by atoms with Crippen molar-refractivity contribution < 1.29 is 0 Å². The topological polar surface area (TPSA) is 18.5 Å². The molecule has 0 bridgehead atoms. The molecule has 0 aromatic heterocycles. The van der Waals surface area contributed by atoms with Crippen LogP contribution in [0.1, 0.15) is 20.3 Å². The second-order valence-corrected chi connectivity index (χ2v) is 7.14. The number of nitrogens with one attached hydrogen (secondary N) is 1. The van der Waals surface area contributed by atoms with E-state index in [0.717, 1.165) is 5.92 Å². The molecule has 1 N–H and O–H groups in total. The van der Waals surface area contributed by atoms with Crippen molar-refractivity contribution in [1.29, 1.82) is 0 Å². The SMILES string of the molecule is CC(C)C1CN(CCN2CCSCC2)CCCN1. The number of rotatable bonds is 4. The minimum absolute atomic E-state index is 0.685. The molecule has 0 spiro atoms. The highest BCUT2D eigenvalue weighted by atomic mass is 32.2. The molecule has 1 unspecified atom stereocenters. The van der Waals surface area contributed by atoms with E-state index in [9.17, 15) is 0 Å². The van der Waals surface area contributed by atoms with Gasteiger partial charge in [0.25, 0.3) is 0 Å². The second kappa shape index (κ2) is 7.73. The predicted molar refractivity (Wildman–Crippen MR) is 81.5 cm³/mol. The van der Waals surface area contributed by atoms with E-state index in [4.69, 9.17) is 0 Å². The fourth-order valence-corrected chi connectivity index (χ4v) is 3.76. The van der Waals surface area contributed by atoms with Crippen LogP contribution in [0.3, 0.4) is 0 Å².